The van der Waals surface area contributed by atoms with Gasteiger partial charge in [-0.2, -0.15) is 0 Å². The van der Waals surface area contributed by atoms with Crippen LogP contribution < -0.4 is 0 Å². The number of sulfone groups is 1. The highest BCUT2D eigenvalue weighted by atomic mass is 32.2. The molecule has 1 saturated heterocycles. The Morgan fingerprint density at radius 2 is 2.06 bits per heavy atom. The van der Waals surface area contributed by atoms with Crippen LogP contribution in [0.1, 0.15) is 26.7 Å². The number of hydrogen-bond donors (Lipinski definition) is 1. The molecule has 16 heavy (non-hydrogen) atoms. The van der Waals surface area contributed by atoms with Crippen LogP contribution in [0.5, 0.6) is 0 Å². The van der Waals surface area contributed by atoms with Crippen LogP contribution >= 0.6 is 0 Å². The Morgan fingerprint density at radius 3 is 2.62 bits per heavy atom. The van der Waals surface area contributed by atoms with Crippen LogP contribution in [0, 0.1) is 5.92 Å². The van der Waals surface area contributed by atoms with Crippen LogP contribution in [-0.4, -0.2) is 55.7 Å². The lowest BCUT2D eigenvalue weighted by atomic mass is 9.97. The SMILES string of the molecule is CCCS(=O)(=O)CCN1CCC(O)C(C)C1. The van der Waals surface area contributed by atoms with Gasteiger partial charge in [-0.25, -0.2) is 8.42 Å². The summed E-state index contributed by atoms with van der Waals surface area (Å²) >= 11 is 0. The van der Waals surface area contributed by atoms with Crippen molar-refractivity contribution >= 4 is 9.84 Å². The highest BCUT2D eigenvalue weighted by Gasteiger charge is 2.24. The van der Waals surface area contributed by atoms with Crippen LogP contribution in [0.25, 0.3) is 0 Å². The van der Waals surface area contributed by atoms with E-state index in [1.54, 1.807) is 0 Å². The van der Waals surface area contributed by atoms with Crippen LogP contribution in [0.15, 0.2) is 0 Å². The molecule has 5 heteroatoms. The van der Waals surface area contributed by atoms with Gasteiger partial charge in [-0.1, -0.05) is 13.8 Å². The topological polar surface area (TPSA) is 57.6 Å². The Bertz CT molecular complexity index is 302. The second kappa shape index (κ2) is 5.98. The Labute approximate surface area is 98.6 Å². The van der Waals surface area contributed by atoms with Gasteiger partial charge in [0.1, 0.15) is 0 Å². The molecule has 0 aromatic carbocycles. The third-order valence-electron chi connectivity index (χ3n) is 3.18. The zero-order valence-electron chi connectivity index (χ0n) is 10.2. The molecule has 1 fully saturated rings. The first-order valence-corrected chi connectivity index (χ1v) is 7.87. The second-order valence-corrected chi connectivity index (χ2v) is 7.09. The summed E-state index contributed by atoms with van der Waals surface area (Å²) in [5.41, 5.74) is 0. The lowest BCUT2D eigenvalue weighted by Crippen LogP contribution is -2.43. The van der Waals surface area contributed by atoms with Crippen molar-refractivity contribution in [1.29, 1.82) is 0 Å². The monoisotopic (exact) mass is 249 g/mol. The maximum atomic E-state index is 11.5. The molecule has 2 atom stereocenters. The van der Waals surface area contributed by atoms with Gasteiger partial charge >= 0.3 is 0 Å². The van der Waals surface area contributed by atoms with Crippen LogP contribution in [0.4, 0.5) is 0 Å². The van der Waals surface area contributed by atoms with Crippen molar-refractivity contribution in [3.05, 3.63) is 0 Å². The van der Waals surface area contributed by atoms with Crippen LogP contribution in [0.2, 0.25) is 0 Å². The maximum absolute atomic E-state index is 11.5. The molecule has 0 spiro atoms. The quantitative estimate of drug-likeness (QED) is 0.771. The smallest absolute Gasteiger partial charge is 0.151 e. The summed E-state index contributed by atoms with van der Waals surface area (Å²) < 4.78 is 23.1. The molecule has 96 valence electrons. The lowest BCUT2D eigenvalue weighted by molar-refractivity contribution is 0.0375. The molecule has 0 saturated carbocycles. The molecule has 1 aliphatic rings. The second-order valence-electron chi connectivity index (χ2n) is 4.79. The number of piperidine rings is 1. The van der Waals surface area contributed by atoms with E-state index < -0.39 is 9.84 Å². The molecule has 0 amide bonds. The average molecular weight is 249 g/mol. The molecule has 1 aliphatic heterocycles. The zero-order chi connectivity index (χ0) is 12.2. The number of nitrogens with zero attached hydrogens (tertiary/aromatic N) is 1. The highest BCUT2D eigenvalue weighted by molar-refractivity contribution is 7.91. The van der Waals surface area contributed by atoms with Gasteiger partial charge in [0.05, 0.1) is 11.9 Å². The van der Waals surface area contributed by atoms with Crippen LogP contribution in [0.3, 0.4) is 0 Å². The Morgan fingerprint density at radius 1 is 1.38 bits per heavy atom. The number of rotatable bonds is 5. The van der Waals surface area contributed by atoms with Gasteiger partial charge in [0.25, 0.3) is 0 Å². The summed E-state index contributed by atoms with van der Waals surface area (Å²) in [6.45, 7) is 6.13. The van der Waals surface area contributed by atoms with Crippen LogP contribution in [-0.2, 0) is 9.84 Å². The first-order valence-electron chi connectivity index (χ1n) is 6.05. The van der Waals surface area contributed by atoms with Crippen molar-refractivity contribution < 1.29 is 13.5 Å². The molecular formula is C11H23NO3S. The molecule has 1 rings (SSSR count). The van der Waals surface area contributed by atoms with Gasteiger partial charge in [0, 0.05) is 25.4 Å². The van der Waals surface area contributed by atoms with Gasteiger partial charge in [-0.3, -0.25) is 0 Å². The number of likely N-dealkylation sites (tertiary alicyclic amines) is 1. The third kappa shape index (κ3) is 4.39. The fourth-order valence-electron chi connectivity index (χ4n) is 2.10. The lowest BCUT2D eigenvalue weighted by Gasteiger charge is -2.34. The van der Waals surface area contributed by atoms with E-state index in [1.165, 1.54) is 0 Å². The summed E-state index contributed by atoms with van der Waals surface area (Å²) in [6, 6.07) is 0. The predicted octanol–water partition coefficient (Wildman–Crippen LogP) is 0.514. The van der Waals surface area contributed by atoms with E-state index in [-0.39, 0.29) is 17.8 Å². The molecule has 1 N–H and O–H groups in total. The minimum atomic E-state index is -2.87. The van der Waals surface area contributed by atoms with Gasteiger partial charge in [0.15, 0.2) is 9.84 Å². The number of aliphatic hydroxyl groups excluding tert-OH is 1. The standard InChI is InChI=1S/C11H23NO3S/c1-3-7-16(14,15)8-6-12-5-4-11(13)10(2)9-12/h10-11,13H,3-9H2,1-2H3. The van der Waals surface area contributed by atoms with E-state index >= 15 is 0 Å². The molecule has 4 nitrogen and oxygen atoms in total. The first kappa shape index (κ1) is 13.9. The van der Waals surface area contributed by atoms with Crippen molar-refractivity contribution in [2.45, 2.75) is 32.8 Å². The molecular weight excluding hydrogens is 226 g/mol. The van der Waals surface area contributed by atoms with Gasteiger partial charge in [-0.05, 0) is 18.8 Å². The van der Waals surface area contributed by atoms with E-state index in [4.69, 9.17) is 0 Å². The van der Waals surface area contributed by atoms with E-state index in [9.17, 15) is 13.5 Å². The zero-order valence-corrected chi connectivity index (χ0v) is 11.0. The van der Waals surface area contributed by atoms with Crippen molar-refractivity contribution in [2.75, 3.05) is 31.1 Å². The van der Waals surface area contributed by atoms with E-state index in [1.807, 2.05) is 13.8 Å². The molecule has 0 radical (unpaired) electrons. The fourth-order valence-corrected chi connectivity index (χ4v) is 3.47. The molecule has 0 aromatic rings. The van der Waals surface area contributed by atoms with Crippen molar-refractivity contribution in [2.24, 2.45) is 5.92 Å². The summed E-state index contributed by atoms with van der Waals surface area (Å²) in [5, 5.41) is 9.56. The Kier molecular flexibility index (Phi) is 5.21. The largest absolute Gasteiger partial charge is 0.393 e. The van der Waals surface area contributed by atoms with E-state index in [2.05, 4.69) is 4.90 Å². The van der Waals surface area contributed by atoms with E-state index in [0.717, 1.165) is 19.5 Å². The van der Waals surface area contributed by atoms with Crippen molar-refractivity contribution in [3.8, 4) is 0 Å². The molecule has 0 bridgehead atoms. The Balaban J connectivity index is 2.34. The summed E-state index contributed by atoms with van der Waals surface area (Å²) in [4.78, 5) is 2.14. The predicted molar refractivity (Wildman–Crippen MR) is 65.2 cm³/mol. The fraction of sp³-hybridized carbons (Fsp3) is 1.00. The normalized spacial score (nSPS) is 28.2. The summed E-state index contributed by atoms with van der Waals surface area (Å²) in [6.07, 6.45) is 1.23. The number of hydrogen-bond acceptors (Lipinski definition) is 4. The van der Waals surface area contributed by atoms with Gasteiger partial charge in [0.2, 0.25) is 0 Å². The molecule has 0 aliphatic carbocycles. The molecule has 0 aromatic heterocycles. The van der Waals surface area contributed by atoms with Crippen molar-refractivity contribution in [1.82, 2.24) is 4.90 Å². The van der Waals surface area contributed by atoms with Gasteiger partial charge in [-0.15, -0.1) is 0 Å². The maximum Gasteiger partial charge on any atom is 0.151 e. The van der Waals surface area contributed by atoms with Crippen molar-refractivity contribution in [3.63, 3.8) is 0 Å². The minimum absolute atomic E-state index is 0.219. The van der Waals surface area contributed by atoms with E-state index in [0.29, 0.717) is 18.7 Å². The molecule has 1 heterocycles. The first-order chi connectivity index (χ1) is 7.44. The van der Waals surface area contributed by atoms with Gasteiger partial charge < -0.3 is 10.0 Å². The summed E-state index contributed by atoms with van der Waals surface area (Å²) in [7, 11) is -2.87. The third-order valence-corrected chi connectivity index (χ3v) is 5.01. The number of aliphatic hydroxyl groups is 1. The highest BCUT2D eigenvalue weighted by Crippen LogP contribution is 2.16. The Hall–Kier alpha value is -0.130. The molecule has 2 unspecified atom stereocenters. The minimum Gasteiger partial charge on any atom is -0.393 e. The summed E-state index contributed by atoms with van der Waals surface area (Å²) in [5.74, 6) is 0.797. The average Bonchev–Trinajstić information content (AvgIpc) is 2.20.